The minimum absolute atomic E-state index is 0.254. The average Bonchev–Trinajstić information content (AvgIpc) is 2.67. The lowest BCUT2D eigenvalue weighted by atomic mass is 10.00. The second-order valence-corrected chi connectivity index (χ2v) is 6.28. The molecule has 1 fully saturated rings. The van der Waals surface area contributed by atoms with Gasteiger partial charge in [-0.05, 0) is 19.8 Å². The van der Waals surface area contributed by atoms with Crippen molar-refractivity contribution in [1.29, 1.82) is 0 Å². The summed E-state index contributed by atoms with van der Waals surface area (Å²) in [6.45, 7) is 1.96. The summed E-state index contributed by atoms with van der Waals surface area (Å²) in [7, 11) is -0.767. The van der Waals surface area contributed by atoms with E-state index in [9.17, 15) is 13.2 Å². The molecular weight excluding hydrogens is 244 g/mol. The van der Waals surface area contributed by atoms with Crippen LogP contribution in [0.1, 0.15) is 32.6 Å². The summed E-state index contributed by atoms with van der Waals surface area (Å²) in [6.07, 6.45) is 2.65. The molecule has 100 valence electrons. The van der Waals surface area contributed by atoms with Crippen LogP contribution in [-0.4, -0.2) is 44.9 Å². The molecule has 6 nitrogen and oxygen atoms in total. The quantitative estimate of drug-likeness (QED) is 0.723. The van der Waals surface area contributed by atoms with Crippen molar-refractivity contribution in [1.82, 2.24) is 9.03 Å². The first-order valence-corrected chi connectivity index (χ1v) is 7.17. The third-order valence-electron chi connectivity index (χ3n) is 2.93. The van der Waals surface area contributed by atoms with Gasteiger partial charge in [0.1, 0.15) is 5.54 Å². The fraction of sp³-hybridized carbons (Fsp3) is 0.900. The van der Waals surface area contributed by atoms with Crippen molar-refractivity contribution in [3.8, 4) is 0 Å². The van der Waals surface area contributed by atoms with Crippen LogP contribution in [-0.2, 0) is 19.7 Å². The second kappa shape index (κ2) is 5.32. The first-order valence-electron chi connectivity index (χ1n) is 5.73. The van der Waals surface area contributed by atoms with E-state index in [0.717, 1.165) is 17.1 Å². The molecule has 0 amide bonds. The number of nitrogens with zero attached hydrogens (tertiary/aromatic N) is 1. The normalized spacial score (nSPS) is 19.5. The molecule has 0 aliphatic heterocycles. The van der Waals surface area contributed by atoms with Crippen LogP contribution < -0.4 is 4.72 Å². The maximum atomic E-state index is 11.9. The van der Waals surface area contributed by atoms with Crippen molar-refractivity contribution in [3.05, 3.63) is 0 Å². The Morgan fingerprint density at radius 3 is 2.29 bits per heavy atom. The van der Waals surface area contributed by atoms with Gasteiger partial charge in [-0.25, -0.2) is 0 Å². The Balaban J connectivity index is 2.90. The van der Waals surface area contributed by atoms with Gasteiger partial charge in [0.25, 0.3) is 10.2 Å². The molecule has 17 heavy (non-hydrogen) atoms. The average molecular weight is 264 g/mol. The van der Waals surface area contributed by atoms with Crippen LogP contribution in [0.15, 0.2) is 0 Å². The highest BCUT2D eigenvalue weighted by molar-refractivity contribution is 7.87. The van der Waals surface area contributed by atoms with Crippen LogP contribution >= 0.6 is 0 Å². The number of rotatable bonds is 5. The van der Waals surface area contributed by atoms with Gasteiger partial charge in [0, 0.05) is 14.1 Å². The van der Waals surface area contributed by atoms with Crippen molar-refractivity contribution in [2.75, 3.05) is 20.7 Å². The molecule has 0 unspecified atom stereocenters. The highest BCUT2D eigenvalue weighted by Crippen LogP contribution is 2.31. The van der Waals surface area contributed by atoms with Crippen LogP contribution in [0.2, 0.25) is 0 Å². The molecule has 0 heterocycles. The third kappa shape index (κ3) is 3.17. The highest BCUT2D eigenvalue weighted by atomic mass is 32.2. The number of hydrogen-bond acceptors (Lipinski definition) is 4. The molecule has 0 aromatic heterocycles. The smallest absolute Gasteiger partial charge is 0.327 e. The summed E-state index contributed by atoms with van der Waals surface area (Å²) in [4.78, 5) is 11.9. The second-order valence-electron chi connectivity index (χ2n) is 4.40. The Morgan fingerprint density at radius 2 is 1.88 bits per heavy atom. The Kier molecular flexibility index (Phi) is 4.51. The minimum Gasteiger partial charge on any atom is -0.465 e. The largest absolute Gasteiger partial charge is 0.465 e. The Hall–Kier alpha value is -0.660. The number of hydrogen-bond donors (Lipinski definition) is 1. The molecule has 7 heteroatoms. The van der Waals surface area contributed by atoms with E-state index >= 15 is 0 Å². The number of carbonyl (C=O) groups is 1. The fourth-order valence-corrected chi connectivity index (χ4v) is 2.90. The summed E-state index contributed by atoms with van der Waals surface area (Å²) < 4.78 is 32.1. The summed E-state index contributed by atoms with van der Waals surface area (Å²) >= 11 is 0. The molecule has 0 radical (unpaired) electrons. The molecule has 0 spiro atoms. The maximum Gasteiger partial charge on any atom is 0.327 e. The predicted octanol–water partition coefficient (Wildman–Crippen LogP) is 0.258. The number of nitrogens with one attached hydrogen (secondary N) is 1. The van der Waals surface area contributed by atoms with Crippen molar-refractivity contribution < 1.29 is 17.9 Å². The fourth-order valence-electron chi connectivity index (χ4n) is 1.93. The van der Waals surface area contributed by atoms with Crippen molar-refractivity contribution in [2.24, 2.45) is 0 Å². The van der Waals surface area contributed by atoms with E-state index in [1.165, 1.54) is 14.1 Å². The van der Waals surface area contributed by atoms with Gasteiger partial charge in [-0.3, -0.25) is 4.79 Å². The van der Waals surface area contributed by atoms with Crippen LogP contribution in [0.25, 0.3) is 0 Å². The molecule has 1 aliphatic carbocycles. The molecule has 0 saturated heterocycles. The Morgan fingerprint density at radius 1 is 1.35 bits per heavy atom. The van der Waals surface area contributed by atoms with E-state index in [1.807, 2.05) is 0 Å². The molecule has 1 rings (SSSR count). The van der Waals surface area contributed by atoms with Crippen LogP contribution in [0.4, 0.5) is 0 Å². The molecule has 0 bridgehead atoms. The van der Waals surface area contributed by atoms with Crippen molar-refractivity contribution in [2.45, 2.75) is 38.1 Å². The summed E-state index contributed by atoms with van der Waals surface area (Å²) in [6, 6.07) is 0. The molecule has 1 N–H and O–H groups in total. The van der Waals surface area contributed by atoms with E-state index in [4.69, 9.17) is 4.74 Å². The maximum absolute atomic E-state index is 11.9. The zero-order valence-electron chi connectivity index (χ0n) is 10.5. The SMILES string of the molecule is CCOC(=O)C1(NS(=O)(=O)N(C)C)CCCC1. The highest BCUT2D eigenvalue weighted by Gasteiger charge is 2.45. The van der Waals surface area contributed by atoms with Crippen molar-refractivity contribution >= 4 is 16.2 Å². The molecular formula is C10H20N2O4S. The van der Waals surface area contributed by atoms with Gasteiger partial charge in [0.15, 0.2) is 0 Å². The lowest BCUT2D eigenvalue weighted by Gasteiger charge is -2.28. The summed E-state index contributed by atoms with van der Waals surface area (Å²) in [5.41, 5.74) is -1.07. The first kappa shape index (κ1) is 14.4. The third-order valence-corrected chi connectivity index (χ3v) is 4.54. The van der Waals surface area contributed by atoms with Gasteiger partial charge in [0.2, 0.25) is 0 Å². The predicted molar refractivity (Wildman–Crippen MR) is 63.6 cm³/mol. The van der Waals surface area contributed by atoms with E-state index in [2.05, 4.69) is 4.72 Å². The molecule has 0 aromatic carbocycles. The molecule has 0 atom stereocenters. The molecule has 1 aliphatic rings. The van der Waals surface area contributed by atoms with E-state index in [-0.39, 0.29) is 6.61 Å². The van der Waals surface area contributed by atoms with Crippen molar-refractivity contribution in [3.63, 3.8) is 0 Å². The standard InChI is InChI=1S/C10H20N2O4S/c1-4-16-9(13)10(7-5-6-8-10)11-17(14,15)12(2)3/h11H,4-8H2,1-3H3. The zero-order valence-corrected chi connectivity index (χ0v) is 11.3. The van der Waals surface area contributed by atoms with E-state index < -0.39 is 21.7 Å². The number of ether oxygens (including phenoxy) is 1. The van der Waals surface area contributed by atoms with Gasteiger partial charge < -0.3 is 4.74 Å². The number of carbonyl (C=O) groups excluding carboxylic acids is 1. The Bertz CT molecular complexity index is 372. The lowest BCUT2D eigenvalue weighted by molar-refractivity contribution is -0.150. The van der Waals surface area contributed by atoms with E-state index in [0.29, 0.717) is 12.8 Å². The lowest BCUT2D eigenvalue weighted by Crippen LogP contribution is -2.55. The summed E-state index contributed by atoms with van der Waals surface area (Å²) in [5.74, 6) is -0.470. The zero-order chi connectivity index (χ0) is 13.1. The monoisotopic (exact) mass is 264 g/mol. The topological polar surface area (TPSA) is 75.7 Å². The summed E-state index contributed by atoms with van der Waals surface area (Å²) in [5, 5.41) is 0. The molecule has 0 aromatic rings. The minimum atomic E-state index is -3.62. The van der Waals surface area contributed by atoms with Gasteiger partial charge in [0.05, 0.1) is 6.61 Å². The number of esters is 1. The van der Waals surface area contributed by atoms with E-state index in [1.54, 1.807) is 6.92 Å². The van der Waals surface area contributed by atoms with Crippen LogP contribution in [0.5, 0.6) is 0 Å². The van der Waals surface area contributed by atoms with Gasteiger partial charge in [-0.1, -0.05) is 12.8 Å². The van der Waals surface area contributed by atoms with Crippen LogP contribution in [0, 0.1) is 0 Å². The Labute approximate surface area is 102 Å². The van der Waals surface area contributed by atoms with Crippen LogP contribution in [0.3, 0.4) is 0 Å². The van der Waals surface area contributed by atoms with Gasteiger partial charge >= 0.3 is 5.97 Å². The first-order chi connectivity index (χ1) is 7.84. The van der Waals surface area contributed by atoms with Gasteiger partial charge in [-0.15, -0.1) is 0 Å². The molecule has 1 saturated carbocycles. The van der Waals surface area contributed by atoms with Gasteiger partial charge in [-0.2, -0.15) is 17.4 Å².